The largest absolute Gasteiger partial charge is 0.446 e. The molecule has 72 valence electrons. The Morgan fingerprint density at radius 1 is 1.43 bits per heavy atom. The Morgan fingerprint density at radius 3 is 2.93 bits per heavy atom. The predicted molar refractivity (Wildman–Crippen MR) is 58.2 cm³/mol. The molecule has 0 N–H and O–H groups in total. The van der Waals surface area contributed by atoms with Crippen molar-refractivity contribution in [1.82, 2.24) is 4.98 Å². The Balaban J connectivity index is 2.18. The summed E-state index contributed by atoms with van der Waals surface area (Å²) in [7, 11) is 0. The van der Waals surface area contributed by atoms with Gasteiger partial charge in [-0.2, -0.15) is 0 Å². The Bertz CT molecular complexity index is 436. The van der Waals surface area contributed by atoms with Crippen molar-refractivity contribution in [3.8, 4) is 0 Å². The van der Waals surface area contributed by atoms with Crippen molar-refractivity contribution in [3.63, 3.8) is 0 Å². The number of benzene rings is 1. The molecule has 1 aromatic heterocycles. The van der Waals surface area contributed by atoms with E-state index in [0.717, 1.165) is 22.5 Å². The molecule has 0 aliphatic rings. The molecular formula is C11H10BrNO. The van der Waals surface area contributed by atoms with Gasteiger partial charge in [0, 0.05) is 10.9 Å². The summed E-state index contributed by atoms with van der Waals surface area (Å²) < 4.78 is 6.48. The van der Waals surface area contributed by atoms with Crippen LogP contribution in [0.25, 0.3) is 0 Å². The second-order valence-electron chi connectivity index (χ2n) is 3.17. The van der Waals surface area contributed by atoms with E-state index in [9.17, 15) is 0 Å². The third-order valence-electron chi connectivity index (χ3n) is 1.91. The lowest BCUT2D eigenvalue weighted by atomic mass is 10.1. The molecule has 0 saturated carbocycles. The normalized spacial score (nSPS) is 10.4. The van der Waals surface area contributed by atoms with E-state index in [1.165, 1.54) is 5.56 Å². The number of aromatic nitrogens is 1. The van der Waals surface area contributed by atoms with Crippen LogP contribution in [0.15, 0.2) is 39.4 Å². The molecule has 0 saturated heterocycles. The quantitative estimate of drug-likeness (QED) is 0.819. The van der Waals surface area contributed by atoms with Gasteiger partial charge in [-0.05, 0) is 24.6 Å². The summed E-state index contributed by atoms with van der Waals surface area (Å²) in [6.45, 7) is 1.90. The van der Waals surface area contributed by atoms with E-state index in [1.54, 1.807) is 6.20 Å². The minimum Gasteiger partial charge on any atom is -0.446 e. The van der Waals surface area contributed by atoms with E-state index in [-0.39, 0.29) is 0 Å². The molecule has 0 aliphatic carbocycles. The van der Waals surface area contributed by atoms with Gasteiger partial charge in [0.1, 0.15) is 5.76 Å². The lowest BCUT2D eigenvalue weighted by Gasteiger charge is -1.97. The van der Waals surface area contributed by atoms with Crippen molar-refractivity contribution in [2.24, 2.45) is 0 Å². The first kappa shape index (κ1) is 9.46. The first-order chi connectivity index (χ1) is 6.74. The minimum atomic E-state index is 0.743. The van der Waals surface area contributed by atoms with Crippen LogP contribution in [0.4, 0.5) is 0 Å². The number of oxazole rings is 1. The first-order valence-corrected chi connectivity index (χ1v) is 5.19. The van der Waals surface area contributed by atoms with Crippen LogP contribution in [-0.2, 0) is 6.42 Å². The van der Waals surface area contributed by atoms with Crippen LogP contribution in [0.3, 0.4) is 0 Å². The Morgan fingerprint density at radius 2 is 2.29 bits per heavy atom. The van der Waals surface area contributed by atoms with Gasteiger partial charge in [-0.15, -0.1) is 0 Å². The fraction of sp³-hybridized carbons (Fsp3) is 0.182. The van der Waals surface area contributed by atoms with Gasteiger partial charge in [0.15, 0.2) is 5.89 Å². The minimum absolute atomic E-state index is 0.743. The van der Waals surface area contributed by atoms with Gasteiger partial charge in [-0.3, -0.25) is 0 Å². The second kappa shape index (κ2) is 3.96. The van der Waals surface area contributed by atoms with Crippen LogP contribution in [0.2, 0.25) is 0 Å². The molecule has 0 unspecified atom stereocenters. The summed E-state index contributed by atoms with van der Waals surface area (Å²) in [6, 6.07) is 8.14. The number of halogens is 1. The zero-order chi connectivity index (χ0) is 9.97. The number of hydrogen-bond donors (Lipinski definition) is 0. The zero-order valence-corrected chi connectivity index (χ0v) is 9.41. The SMILES string of the molecule is Cc1cnc(Cc2cccc(Br)c2)o1. The van der Waals surface area contributed by atoms with Crippen LogP contribution in [0.5, 0.6) is 0 Å². The van der Waals surface area contributed by atoms with Crippen molar-refractivity contribution in [2.75, 3.05) is 0 Å². The van der Waals surface area contributed by atoms with Gasteiger partial charge in [-0.25, -0.2) is 4.98 Å². The lowest BCUT2D eigenvalue weighted by Crippen LogP contribution is -1.87. The van der Waals surface area contributed by atoms with Gasteiger partial charge in [0.05, 0.1) is 6.20 Å². The molecule has 0 aliphatic heterocycles. The topological polar surface area (TPSA) is 26.0 Å². The van der Waals surface area contributed by atoms with Crippen LogP contribution in [0, 0.1) is 6.92 Å². The maximum absolute atomic E-state index is 5.40. The molecule has 0 bridgehead atoms. The van der Waals surface area contributed by atoms with Gasteiger partial charge >= 0.3 is 0 Å². The molecule has 1 aromatic carbocycles. The van der Waals surface area contributed by atoms with Gasteiger partial charge in [0.2, 0.25) is 0 Å². The van der Waals surface area contributed by atoms with Crippen LogP contribution < -0.4 is 0 Å². The molecule has 2 rings (SSSR count). The third-order valence-corrected chi connectivity index (χ3v) is 2.41. The van der Waals surface area contributed by atoms with E-state index in [0.29, 0.717) is 0 Å². The molecule has 14 heavy (non-hydrogen) atoms. The third kappa shape index (κ3) is 2.23. The first-order valence-electron chi connectivity index (χ1n) is 4.40. The van der Waals surface area contributed by atoms with E-state index < -0.39 is 0 Å². The smallest absolute Gasteiger partial charge is 0.198 e. The van der Waals surface area contributed by atoms with Gasteiger partial charge < -0.3 is 4.42 Å². The van der Waals surface area contributed by atoms with Gasteiger partial charge in [0.25, 0.3) is 0 Å². The van der Waals surface area contributed by atoms with Gasteiger partial charge in [-0.1, -0.05) is 28.1 Å². The van der Waals surface area contributed by atoms with Crippen LogP contribution >= 0.6 is 15.9 Å². The maximum Gasteiger partial charge on any atom is 0.198 e. The van der Waals surface area contributed by atoms with Crippen LogP contribution in [-0.4, -0.2) is 4.98 Å². The van der Waals surface area contributed by atoms with Crippen molar-refractivity contribution in [3.05, 3.63) is 52.1 Å². The lowest BCUT2D eigenvalue weighted by molar-refractivity contribution is 0.481. The number of hydrogen-bond acceptors (Lipinski definition) is 2. The molecule has 0 amide bonds. The van der Waals surface area contributed by atoms with E-state index in [2.05, 4.69) is 33.0 Å². The van der Waals surface area contributed by atoms with E-state index in [4.69, 9.17) is 4.42 Å². The Kier molecular flexibility index (Phi) is 2.68. The molecule has 2 nitrogen and oxygen atoms in total. The highest BCUT2D eigenvalue weighted by Gasteiger charge is 2.02. The highest BCUT2D eigenvalue weighted by molar-refractivity contribution is 9.10. The number of nitrogens with zero attached hydrogens (tertiary/aromatic N) is 1. The molecule has 0 spiro atoms. The molecule has 2 aromatic rings. The fourth-order valence-electron chi connectivity index (χ4n) is 1.30. The van der Waals surface area contributed by atoms with Crippen molar-refractivity contribution < 1.29 is 4.42 Å². The van der Waals surface area contributed by atoms with Crippen molar-refractivity contribution in [1.29, 1.82) is 0 Å². The summed E-state index contributed by atoms with van der Waals surface area (Å²) in [6.07, 6.45) is 2.49. The summed E-state index contributed by atoms with van der Waals surface area (Å²) in [5.41, 5.74) is 1.20. The Labute approximate surface area is 91.1 Å². The fourth-order valence-corrected chi connectivity index (χ4v) is 1.75. The molecule has 0 atom stereocenters. The second-order valence-corrected chi connectivity index (χ2v) is 4.09. The summed E-state index contributed by atoms with van der Waals surface area (Å²) >= 11 is 3.43. The monoisotopic (exact) mass is 251 g/mol. The van der Waals surface area contributed by atoms with Crippen molar-refractivity contribution in [2.45, 2.75) is 13.3 Å². The predicted octanol–water partition coefficient (Wildman–Crippen LogP) is 3.34. The van der Waals surface area contributed by atoms with Crippen LogP contribution in [0.1, 0.15) is 17.2 Å². The highest BCUT2D eigenvalue weighted by atomic mass is 79.9. The average molecular weight is 252 g/mol. The maximum atomic E-state index is 5.40. The summed E-state index contributed by atoms with van der Waals surface area (Å²) in [4.78, 5) is 4.16. The standard InChI is InChI=1S/C11H10BrNO/c1-8-7-13-11(14-8)6-9-3-2-4-10(12)5-9/h2-5,7H,6H2,1H3. The number of rotatable bonds is 2. The van der Waals surface area contributed by atoms with E-state index in [1.807, 2.05) is 19.1 Å². The molecule has 0 fully saturated rings. The molecular weight excluding hydrogens is 242 g/mol. The van der Waals surface area contributed by atoms with Crippen molar-refractivity contribution >= 4 is 15.9 Å². The average Bonchev–Trinajstić information content (AvgIpc) is 2.51. The highest BCUT2D eigenvalue weighted by Crippen LogP contribution is 2.15. The van der Waals surface area contributed by atoms with E-state index >= 15 is 0 Å². The zero-order valence-electron chi connectivity index (χ0n) is 7.83. The summed E-state index contributed by atoms with van der Waals surface area (Å²) in [5.74, 6) is 1.62. The molecule has 1 heterocycles. The molecule has 3 heteroatoms. The summed E-state index contributed by atoms with van der Waals surface area (Å²) in [5, 5.41) is 0. The number of aryl methyl sites for hydroxylation is 1. The Hall–Kier alpha value is -1.09. The molecule has 0 radical (unpaired) electrons.